The molecule has 2 aromatic heterocycles. The molecule has 2 N–H and O–H groups in total. The van der Waals surface area contributed by atoms with Crippen molar-refractivity contribution in [3.05, 3.63) is 24.0 Å². The molecule has 0 aromatic carbocycles. The summed E-state index contributed by atoms with van der Waals surface area (Å²) in [6.45, 7) is 0. The molecule has 1 aliphatic rings. The van der Waals surface area contributed by atoms with Gasteiger partial charge in [-0.05, 0) is 24.8 Å². The maximum Gasteiger partial charge on any atom is 0.160 e. The molecule has 3 rings (SSSR count). The Balaban J connectivity index is 2.32. The van der Waals surface area contributed by atoms with Crippen LogP contribution in [0.25, 0.3) is 5.65 Å². The number of nitrogens with two attached hydrogens (primary N) is 1. The fourth-order valence-electron chi connectivity index (χ4n) is 1.61. The molecule has 2 heterocycles. The van der Waals surface area contributed by atoms with Crippen LogP contribution in [0.3, 0.4) is 0 Å². The van der Waals surface area contributed by atoms with Crippen molar-refractivity contribution in [1.82, 2.24) is 14.6 Å². The maximum absolute atomic E-state index is 5.75. The molecule has 0 spiro atoms. The fourth-order valence-corrected chi connectivity index (χ4v) is 1.61. The van der Waals surface area contributed by atoms with Gasteiger partial charge in [-0.2, -0.15) is 9.61 Å². The van der Waals surface area contributed by atoms with Gasteiger partial charge in [0.05, 0.1) is 6.20 Å². The van der Waals surface area contributed by atoms with Crippen LogP contribution in [0.15, 0.2) is 18.5 Å². The maximum atomic E-state index is 5.75. The number of nitrogen functional groups attached to an aromatic ring is 1. The van der Waals surface area contributed by atoms with E-state index < -0.39 is 0 Å². The highest BCUT2D eigenvalue weighted by molar-refractivity contribution is 5.53. The zero-order chi connectivity index (χ0) is 8.84. The first-order valence-electron chi connectivity index (χ1n) is 4.44. The molecular weight excluding hydrogens is 164 g/mol. The zero-order valence-electron chi connectivity index (χ0n) is 7.14. The number of hydrogen-bond acceptors (Lipinski definition) is 3. The summed E-state index contributed by atoms with van der Waals surface area (Å²) in [5, 5.41) is 4.21. The lowest BCUT2D eigenvalue weighted by atomic mass is 10.2. The summed E-state index contributed by atoms with van der Waals surface area (Å²) < 4.78 is 1.70. The van der Waals surface area contributed by atoms with Crippen LogP contribution in [0, 0.1) is 0 Å². The van der Waals surface area contributed by atoms with Crippen LogP contribution in [0.1, 0.15) is 24.3 Å². The number of anilines is 1. The Morgan fingerprint density at radius 2 is 2.31 bits per heavy atom. The summed E-state index contributed by atoms with van der Waals surface area (Å²) in [6.07, 6.45) is 6.14. The quantitative estimate of drug-likeness (QED) is 0.706. The van der Waals surface area contributed by atoms with Crippen molar-refractivity contribution in [2.24, 2.45) is 0 Å². The Hall–Kier alpha value is -1.58. The molecule has 1 aliphatic carbocycles. The van der Waals surface area contributed by atoms with Crippen molar-refractivity contribution >= 4 is 11.5 Å². The first kappa shape index (κ1) is 6.88. The highest BCUT2D eigenvalue weighted by Crippen LogP contribution is 2.41. The number of fused-ring (bicyclic) bond motifs is 1. The first-order chi connectivity index (χ1) is 6.36. The van der Waals surface area contributed by atoms with Crippen LogP contribution in [-0.4, -0.2) is 14.6 Å². The highest BCUT2D eigenvalue weighted by Gasteiger charge is 2.27. The molecule has 0 amide bonds. The van der Waals surface area contributed by atoms with Gasteiger partial charge in [-0.15, -0.1) is 0 Å². The average Bonchev–Trinajstić information content (AvgIpc) is 2.87. The molecule has 2 aromatic rings. The number of aromatic nitrogens is 3. The molecule has 66 valence electrons. The van der Waals surface area contributed by atoms with Gasteiger partial charge in [-0.3, -0.25) is 0 Å². The third-order valence-electron chi connectivity index (χ3n) is 2.47. The van der Waals surface area contributed by atoms with Crippen molar-refractivity contribution in [2.45, 2.75) is 18.8 Å². The molecule has 4 nitrogen and oxygen atoms in total. The Labute approximate surface area is 75.4 Å². The molecular formula is C9H10N4. The molecule has 0 saturated heterocycles. The van der Waals surface area contributed by atoms with Gasteiger partial charge in [0.25, 0.3) is 0 Å². The van der Waals surface area contributed by atoms with E-state index in [0.29, 0.717) is 11.7 Å². The Morgan fingerprint density at radius 1 is 1.46 bits per heavy atom. The van der Waals surface area contributed by atoms with Crippen molar-refractivity contribution < 1.29 is 0 Å². The van der Waals surface area contributed by atoms with Gasteiger partial charge in [-0.25, -0.2) is 4.98 Å². The summed E-state index contributed by atoms with van der Waals surface area (Å²) in [5.41, 5.74) is 7.91. The summed E-state index contributed by atoms with van der Waals surface area (Å²) in [6, 6.07) is 1.76. The van der Waals surface area contributed by atoms with Gasteiger partial charge in [0.2, 0.25) is 0 Å². The van der Waals surface area contributed by atoms with Gasteiger partial charge in [0.1, 0.15) is 5.82 Å². The lowest BCUT2D eigenvalue weighted by molar-refractivity contribution is 0.952. The largest absolute Gasteiger partial charge is 0.384 e. The van der Waals surface area contributed by atoms with E-state index in [2.05, 4.69) is 10.1 Å². The summed E-state index contributed by atoms with van der Waals surface area (Å²) >= 11 is 0. The SMILES string of the molecule is Nc1ccnc2c(C3CC3)cnn12. The summed E-state index contributed by atoms with van der Waals surface area (Å²) in [5.74, 6) is 1.32. The van der Waals surface area contributed by atoms with Crippen molar-refractivity contribution in [3.63, 3.8) is 0 Å². The van der Waals surface area contributed by atoms with Crippen molar-refractivity contribution in [1.29, 1.82) is 0 Å². The van der Waals surface area contributed by atoms with Gasteiger partial charge in [0.15, 0.2) is 5.65 Å². The fraction of sp³-hybridized carbons (Fsp3) is 0.333. The Morgan fingerprint density at radius 3 is 3.08 bits per heavy atom. The van der Waals surface area contributed by atoms with Crippen LogP contribution < -0.4 is 5.73 Å². The molecule has 0 atom stereocenters. The van der Waals surface area contributed by atoms with E-state index in [0.717, 1.165) is 5.65 Å². The van der Waals surface area contributed by atoms with Crippen LogP contribution >= 0.6 is 0 Å². The standard InChI is InChI=1S/C9H10N4/c10-8-3-4-11-9-7(6-1-2-6)5-12-13(8)9/h3-6H,1-2,10H2. The van der Waals surface area contributed by atoms with E-state index in [1.54, 1.807) is 16.8 Å². The molecule has 0 radical (unpaired) electrons. The zero-order valence-corrected chi connectivity index (χ0v) is 7.14. The second kappa shape index (κ2) is 2.22. The normalized spacial score (nSPS) is 16.6. The molecule has 1 fully saturated rings. The van der Waals surface area contributed by atoms with Crippen LogP contribution in [-0.2, 0) is 0 Å². The number of rotatable bonds is 1. The molecule has 0 unspecified atom stereocenters. The van der Waals surface area contributed by atoms with Crippen LogP contribution in [0.4, 0.5) is 5.82 Å². The molecule has 4 heteroatoms. The van der Waals surface area contributed by atoms with Crippen molar-refractivity contribution in [3.8, 4) is 0 Å². The first-order valence-corrected chi connectivity index (χ1v) is 4.44. The smallest absolute Gasteiger partial charge is 0.160 e. The Bertz CT molecular complexity index is 456. The van der Waals surface area contributed by atoms with Crippen LogP contribution in [0.5, 0.6) is 0 Å². The molecule has 13 heavy (non-hydrogen) atoms. The monoisotopic (exact) mass is 174 g/mol. The van der Waals surface area contributed by atoms with E-state index in [4.69, 9.17) is 5.73 Å². The third-order valence-corrected chi connectivity index (χ3v) is 2.47. The van der Waals surface area contributed by atoms with Gasteiger partial charge in [-0.1, -0.05) is 0 Å². The number of nitrogens with zero attached hydrogens (tertiary/aromatic N) is 3. The average molecular weight is 174 g/mol. The second-order valence-corrected chi connectivity index (χ2v) is 3.48. The van der Waals surface area contributed by atoms with E-state index >= 15 is 0 Å². The minimum absolute atomic E-state index is 0.650. The van der Waals surface area contributed by atoms with E-state index in [1.807, 2.05) is 6.20 Å². The highest BCUT2D eigenvalue weighted by atomic mass is 15.3. The molecule has 0 bridgehead atoms. The van der Waals surface area contributed by atoms with E-state index in [-0.39, 0.29) is 0 Å². The predicted molar refractivity (Wildman–Crippen MR) is 49.4 cm³/mol. The van der Waals surface area contributed by atoms with Gasteiger partial charge in [0, 0.05) is 11.8 Å². The minimum atomic E-state index is 0.650. The van der Waals surface area contributed by atoms with Gasteiger partial charge < -0.3 is 5.73 Å². The second-order valence-electron chi connectivity index (χ2n) is 3.48. The van der Waals surface area contributed by atoms with Crippen LogP contribution in [0.2, 0.25) is 0 Å². The molecule has 1 saturated carbocycles. The number of hydrogen-bond donors (Lipinski definition) is 1. The summed E-state index contributed by atoms with van der Waals surface area (Å²) in [7, 11) is 0. The predicted octanol–water partition coefficient (Wildman–Crippen LogP) is 1.19. The third kappa shape index (κ3) is 0.915. The topological polar surface area (TPSA) is 56.2 Å². The molecule has 0 aliphatic heterocycles. The minimum Gasteiger partial charge on any atom is -0.384 e. The van der Waals surface area contributed by atoms with Gasteiger partial charge >= 0.3 is 0 Å². The lowest BCUT2D eigenvalue weighted by Crippen LogP contribution is -1.98. The van der Waals surface area contributed by atoms with E-state index in [1.165, 1.54) is 18.4 Å². The van der Waals surface area contributed by atoms with E-state index in [9.17, 15) is 0 Å². The lowest BCUT2D eigenvalue weighted by Gasteiger charge is -1.97. The Kier molecular flexibility index (Phi) is 1.17. The van der Waals surface area contributed by atoms with Crippen molar-refractivity contribution in [2.75, 3.05) is 5.73 Å². The summed E-state index contributed by atoms with van der Waals surface area (Å²) in [4.78, 5) is 4.28.